The van der Waals surface area contributed by atoms with Crippen molar-refractivity contribution in [2.75, 3.05) is 0 Å². The van der Waals surface area contributed by atoms with Crippen molar-refractivity contribution in [2.24, 2.45) is 5.73 Å². The minimum Gasteiger partial charge on any atom is -0.508 e. The zero-order chi connectivity index (χ0) is 10.5. The van der Waals surface area contributed by atoms with Crippen LogP contribution in [0.25, 0.3) is 0 Å². The Hall–Kier alpha value is -1.06. The molecule has 0 saturated heterocycles. The molecule has 2 aliphatic rings. The third-order valence-corrected chi connectivity index (χ3v) is 3.64. The van der Waals surface area contributed by atoms with Gasteiger partial charge in [0.15, 0.2) is 0 Å². The Morgan fingerprint density at radius 2 is 2.07 bits per heavy atom. The Kier molecular flexibility index (Phi) is 1.82. The average Bonchev–Trinajstić information content (AvgIpc) is 2.62. The van der Waals surface area contributed by atoms with E-state index in [0.29, 0.717) is 19.0 Å². The van der Waals surface area contributed by atoms with E-state index >= 15 is 0 Å². The molecule has 80 valence electrons. The molecule has 1 heterocycles. The summed E-state index contributed by atoms with van der Waals surface area (Å²) >= 11 is 0. The lowest BCUT2D eigenvalue weighted by atomic mass is 9.70. The van der Waals surface area contributed by atoms with Gasteiger partial charge in [0.05, 0.1) is 13.2 Å². The van der Waals surface area contributed by atoms with Crippen LogP contribution in [0.15, 0.2) is 12.1 Å². The summed E-state index contributed by atoms with van der Waals surface area (Å²) in [7, 11) is 0. The SMILES string of the molecule is NC1(c2c(O)ccc3c2COC3)CCC1. The maximum Gasteiger partial charge on any atom is 0.121 e. The third kappa shape index (κ3) is 1.20. The lowest BCUT2D eigenvalue weighted by Crippen LogP contribution is -2.44. The van der Waals surface area contributed by atoms with Gasteiger partial charge >= 0.3 is 0 Å². The summed E-state index contributed by atoms with van der Waals surface area (Å²) in [6.07, 6.45) is 3.09. The summed E-state index contributed by atoms with van der Waals surface area (Å²) in [4.78, 5) is 0. The zero-order valence-electron chi connectivity index (χ0n) is 8.62. The van der Waals surface area contributed by atoms with Crippen LogP contribution in [0.2, 0.25) is 0 Å². The average molecular weight is 205 g/mol. The predicted octanol–water partition coefficient (Wildman–Crippen LogP) is 1.76. The number of ether oxygens (including phenoxy) is 1. The van der Waals surface area contributed by atoms with E-state index in [0.717, 1.165) is 30.4 Å². The van der Waals surface area contributed by atoms with Gasteiger partial charge in [-0.15, -0.1) is 0 Å². The second kappa shape index (κ2) is 2.97. The van der Waals surface area contributed by atoms with Gasteiger partial charge in [-0.25, -0.2) is 0 Å². The van der Waals surface area contributed by atoms with Crippen molar-refractivity contribution in [3.05, 3.63) is 28.8 Å². The van der Waals surface area contributed by atoms with E-state index in [1.54, 1.807) is 6.07 Å². The van der Waals surface area contributed by atoms with Gasteiger partial charge in [0.2, 0.25) is 0 Å². The number of phenols is 1. The van der Waals surface area contributed by atoms with Gasteiger partial charge in [-0.05, 0) is 36.5 Å². The van der Waals surface area contributed by atoms with Crippen molar-refractivity contribution in [1.29, 1.82) is 0 Å². The summed E-state index contributed by atoms with van der Waals surface area (Å²) in [6, 6.07) is 3.68. The fraction of sp³-hybridized carbons (Fsp3) is 0.500. The minimum atomic E-state index is -0.302. The highest BCUT2D eigenvalue weighted by Crippen LogP contribution is 2.46. The van der Waals surface area contributed by atoms with Gasteiger partial charge in [-0.3, -0.25) is 0 Å². The third-order valence-electron chi connectivity index (χ3n) is 3.64. The van der Waals surface area contributed by atoms with Crippen LogP contribution >= 0.6 is 0 Å². The minimum absolute atomic E-state index is 0.302. The first-order valence-corrected chi connectivity index (χ1v) is 5.41. The number of rotatable bonds is 1. The Balaban J connectivity index is 2.17. The molecule has 15 heavy (non-hydrogen) atoms. The van der Waals surface area contributed by atoms with E-state index in [-0.39, 0.29) is 5.54 Å². The van der Waals surface area contributed by atoms with E-state index in [1.807, 2.05) is 6.07 Å². The molecule has 0 atom stereocenters. The van der Waals surface area contributed by atoms with Crippen LogP contribution in [-0.4, -0.2) is 5.11 Å². The van der Waals surface area contributed by atoms with Gasteiger partial charge in [0, 0.05) is 11.1 Å². The molecule has 1 saturated carbocycles. The van der Waals surface area contributed by atoms with E-state index in [1.165, 1.54) is 5.56 Å². The number of aromatic hydroxyl groups is 1. The molecule has 0 spiro atoms. The molecule has 1 aliphatic carbocycles. The maximum atomic E-state index is 9.94. The molecule has 1 fully saturated rings. The molecule has 0 amide bonds. The molecular formula is C12H15NO2. The van der Waals surface area contributed by atoms with Crippen LogP contribution in [0.4, 0.5) is 0 Å². The summed E-state index contributed by atoms with van der Waals surface area (Å²) in [6.45, 7) is 1.25. The Morgan fingerprint density at radius 3 is 2.73 bits per heavy atom. The monoisotopic (exact) mass is 205 g/mol. The Bertz CT molecular complexity index is 410. The van der Waals surface area contributed by atoms with Gasteiger partial charge in [0.25, 0.3) is 0 Å². The van der Waals surface area contributed by atoms with Crippen LogP contribution in [0.3, 0.4) is 0 Å². The van der Waals surface area contributed by atoms with Crippen molar-refractivity contribution in [3.63, 3.8) is 0 Å². The zero-order valence-corrected chi connectivity index (χ0v) is 8.62. The van der Waals surface area contributed by atoms with Gasteiger partial charge < -0.3 is 15.6 Å². The molecule has 0 aromatic heterocycles. The lowest BCUT2D eigenvalue weighted by molar-refractivity contribution is 0.132. The molecule has 1 aromatic rings. The first-order chi connectivity index (χ1) is 7.21. The van der Waals surface area contributed by atoms with Gasteiger partial charge in [-0.1, -0.05) is 6.07 Å². The van der Waals surface area contributed by atoms with Crippen molar-refractivity contribution in [3.8, 4) is 5.75 Å². The second-order valence-electron chi connectivity index (χ2n) is 4.60. The van der Waals surface area contributed by atoms with Crippen LogP contribution in [0, 0.1) is 0 Å². The Labute approximate surface area is 88.9 Å². The first-order valence-electron chi connectivity index (χ1n) is 5.41. The van der Waals surface area contributed by atoms with Crippen LogP contribution in [0.5, 0.6) is 5.75 Å². The molecule has 0 bridgehead atoms. The summed E-state index contributed by atoms with van der Waals surface area (Å²) < 4.78 is 5.41. The highest BCUT2D eigenvalue weighted by atomic mass is 16.5. The standard InChI is InChI=1S/C12H15NO2/c13-12(4-1-5-12)11-9-7-15-6-8(9)2-3-10(11)14/h2-3,14H,1,4-7,13H2. The number of fused-ring (bicyclic) bond motifs is 1. The van der Waals surface area contributed by atoms with Crippen molar-refractivity contribution in [1.82, 2.24) is 0 Å². The highest BCUT2D eigenvalue weighted by Gasteiger charge is 2.39. The summed E-state index contributed by atoms with van der Waals surface area (Å²) in [5.74, 6) is 0.335. The lowest BCUT2D eigenvalue weighted by Gasteiger charge is -2.40. The number of nitrogens with two attached hydrogens (primary N) is 1. The number of phenolic OH excluding ortho intramolecular Hbond substituents is 1. The van der Waals surface area contributed by atoms with Crippen LogP contribution in [0.1, 0.15) is 36.0 Å². The largest absolute Gasteiger partial charge is 0.508 e. The van der Waals surface area contributed by atoms with Gasteiger partial charge in [-0.2, -0.15) is 0 Å². The molecule has 3 heteroatoms. The Morgan fingerprint density at radius 1 is 1.27 bits per heavy atom. The predicted molar refractivity (Wildman–Crippen MR) is 56.3 cm³/mol. The topological polar surface area (TPSA) is 55.5 Å². The van der Waals surface area contributed by atoms with Crippen molar-refractivity contribution in [2.45, 2.75) is 38.0 Å². The summed E-state index contributed by atoms with van der Waals surface area (Å²) in [5.41, 5.74) is 9.22. The maximum absolute atomic E-state index is 9.94. The number of benzene rings is 1. The quantitative estimate of drug-likeness (QED) is 0.734. The van der Waals surface area contributed by atoms with E-state index < -0.39 is 0 Å². The molecule has 3 N–H and O–H groups in total. The van der Waals surface area contributed by atoms with E-state index in [2.05, 4.69) is 0 Å². The molecule has 3 rings (SSSR count). The summed E-state index contributed by atoms with van der Waals surface area (Å²) in [5, 5.41) is 9.94. The molecule has 0 radical (unpaired) electrons. The van der Waals surface area contributed by atoms with Crippen LogP contribution < -0.4 is 5.73 Å². The second-order valence-corrected chi connectivity index (χ2v) is 4.60. The fourth-order valence-electron chi connectivity index (χ4n) is 2.60. The highest BCUT2D eigenvalue weighted by molar-refractivity contribution is 5.50. The molecular weight excluding hydrogens is 190 g/mol. The number of hydrogen-bond donors (Lipinski definition) is 2. The van der Waals surface area contributed by atoms with Crippen molar-refractivity contribution >= 4 is 0 Å². The van der Waals surface area contributed by atoms with Gasteiger partial charge in [0.1, 0.15) is 5.75 Å². The molecule has 0 unspecified atom stereocenters. The first kappa shape index (κ1) is 9.19. The van der Waals surface area contributed by atoms with Crippen molar-refractivity contribution < 1.29 is 9.84 Å². The smallest absolute Gasteiger partial charge is 0.121 e. The van der Waals surface area contributed by atoms with Crippen LogP contribution in [-0.2, 0) is 23.5 Å². The molecule has 3 nitrogen and oxygen atoms in total. The van der Waals surface area contributed by atoms with E-state index in [4.69, 9.17) is 10.5 Å². The number of hydrogen-bond acceptors (Lipinski definition) is 3. The molecule has 1 aliphatic heterocycles. The normalized spacial score (nSPS) is 22.2. The molecule has 1 aromatic carbocycles. The van der Waals surface area contributed by atoms with E-state index in [9.17, 15) is 5.11 Å². The fourth-order valence-corrected chi connectivity index (χ4v) is 2.60.